The number of rotatable bonds is 2. The Hall–Kier alpha value is -1.26. The number of aromatic hydroxyl groups is 4. The number of hydrogen-bond acceptors (Lipinski definition) is 4. The van der Waals surface area contributed by atoms with Crippen molar-refractivity contribution in [3.63, 3.8) is 0 Å². The van der Waals surface area contributed by atoms with Crippen molar-refractivity contribution in [2.24, 2.45) is 0 Å². The predicted octanol–water partition coefficient (Wildman–Crippen LogP) is 2.48. The van der Waals surface area contributed by atoms with Gasteiger partial charge in [0.2, 0.25) is 0 Å². The second-order valence-corrected chi connectivity index (χ2v) is 3.78. The van der Waals surface area contributed by atoms with Gasteiger partial charge in [0.25, 0.3) is 0 Å². The Balaban J connectivity index is 0.00000180. The van der Waals surface area contributed by atoms with Crippen LogP contribution < -0.4 is 0 Å². The average molecular weight is 384 g/mol. The van der Waals surface area contributed by atoms with Crippen molar-refractivity contribution in [1.82, 2.24) is 0 Å². The summed E-state index contributed by atoms with van der Waals surface area (Å²) in [6.07, 6.45) is 3.31. The Morgan fingerprint density at radius 3 is 1.95 bits per heavy atom. The summed E-state index contributed by atoms with van der Waals surface area (Å²) in [6, 6.07) is 9.58. The normalized spacial score (nSPS) is 10.3. The SMILES string of the molecule is Oc1cc(O)cc(/C=C/c2c[c-]c(O)c(O)c2)c1.[Pr]. The number of benzene rings is 2. The molecule has 0 aliphatic heterocycles. The van der Waals surface area contributed by atoms with Crippen LogP contribution in [0.2, 0.25) is 0 Å². The molecule has 4 nitrogen and oxygen atoms in total. The maximum Gasteiger partial charge on any atom is 0.119 e. The zero-order valence-corrected chi connectivity index (χ0v) is 13.6. The molecule has 0 aliphatic carbocycles. The van der Waals surface area contributed by atoms with Gasteiger partial charge in [-0.25, -0.2) is 0 Å². The zero-order chi connectivity index (χ0) is 13.1. The molecule has 2 aromatic carbocycles. The molecule has 19 heavy (non-hydrogen) atoms. The maximum atomic E-state index is 9.30. The van der Waals surface area contributed by atoms with Crippen molar-refractivity contribution in [3.05, 3.63) is 47.5 Å². The van der Waals surface area contributed by atoms with E-state index >= 15 is 0 Å². The summed E-state index contributed by atoms with van der Waals surface area (Å²) >= 11 is 0. The molecule has 0 spiro atoms. The van der Waals surface area contributed by atoms with E-state index in [4.69, 9.17) is 5.11 Å². The van der Waals surface area contributed by atoms with E-state index in [1.165, 1.54) is 30.3 Å². The molecule has 0 unspecified atom stereocenters. The van der Waals surface area contributed by atoms with Crippen molar-refractivity contribution in [2.75, 3.05) is 0 Å². The van der Waals surface area contributed by atoms with Crippen LogP contribution in [0, 0.1) is 47.4 Å². The van der Waals surface area contributed by atoms with Gasteiger partial charge >= 0.3 is 0 Å². The minimum atomic E-state index is -0.304. The minimum absolute atomic E-state index is 0. The van der Waals surface area contributed by atoms with Crippen molar-refractivity contribution < 1.29 is 61.7 Å². The third-order valence-electron chi connectivity index (χ3n) is 2.31. The molecule has 0 saturated carbocycles. The molecule has 0 atom stereocenters. The molecule has 0 saturated heterocycles. The van der Waals surface area contributed by atoms with Crippen molar-refractivity contribution in [1.29, 1.82) is 0 Å². The maximum absolute atomic E-state index is 9.30. The molecular weight excluding hydrogens is 373 g/mol. The van der Waals surface area contributed by atoms with Crippen LogP contribution in [-0.2, 0) is 0 Å². The molecule has 95 valence electrons. The predicted molar refractivity (Wildman–Crippen MR) is 67.3 cm³/mol. The first kappa shape index (κ1) is 15.8. The Morgan fingerprint density at radius 1 is 0.789 bits per heavy atom. The Morgan fingerprint density at radius 2 is 1.37 bits per heavy atom. The van der Waals surface area contributed by atoms with E-state index in [2.05, 4.69) is 6.07 Å². The molecule has 0 fully saturated rings. The van der Waals surface area contributed by atoms with Crippen LogP contribution in [-0.4, -0.2) is 20.4 Å². The van der Waals surface area contributed by atoms with Crippen molar-refractivity contribution in [2.45, 2.75) is 0 Å². The molecule has 4 N–H and O–H groups in total. The van der Waals surface area contributed by atoms with Gasteiger partial charge in [-0.15, -0.1) is 23.8 Å². The van der Waals surface area contributed by atoms with Gasteiger partial charge in [-0.3, -0.25) is 0 Å². The summed E-state index contributed by atoms with van der Waals surface area (Å²) in [5.74, 6) is -0.623. The van der Waals surface area contributed by atoms with Crippen LogP contribution in [0.4, 0.5) is 0 Å². The Labute approximate surface area is 143 Å². The topological polar surface area (TPSA) is 80.9 Å². The van der Waals surface area contributed by atoms with Crippen LogP contribution >= 0.6 is 0 Å². The van der Waals surface area contributed by atoms with Crippen molar-refractivity contribution >= 4 is 12.2 Å². The summed E-state index contributed by atoms with van der Waals surface area (Å²) in [4.78, 5) is 0. The van der Waals surface area contributed by atoms with Gasteiger partial charge in [-0.05, 0) is 17.7 Å². The molecule has 1 radical (unpaired) electrons. The summed E-state index contributed by atoms with van der Waals surface area (Å²) in [5.41, 5.74) is 1.24. The van der Waals surface area contributed by atoms with E-state index in [0.29, 0.717) is 11.1 Å². The Kier molecular flexibility index (Phi) is 5.64. The van der Waals surface area contributed by atoms with E-state index in [0.717, 1.165) is 0 Å². The first-order valence-electron chi connectivity index (χ1n) is 5.19. The molecule has 5 heteroatoms. The van der Waals surface area contributed by atoms with Crippen LogP contribution in [0.3, 0.4) is 0 Å². The number of hydrogen-bond donors (Lipinski definition) is 4. The van der Waals surface area contributed by atoms with Gasteiger partial charge < -0.3 is 20.4 Å². The fourth-order valence-corrected chi connectivity index (χ4v) is 1.50. The first-order chi connectivity index (χ1) is 8.54. The minimum Gasteiger partial charge on any atom is -0.562 e. The van der Waals surface area contributed by atoms with Gasteiger partial charge in [0.1, 0.15) is 11.5 Å². The third kappa shape index (κ3) is 4.41. The molecule has 2 aromatic rings. The molecule has 0 aliphatic rings. The largest absolute Gasteiger partial charge is 0.562 e. The summed E-state index contributed by atoms with van der Waals surface area (Å²) in [5, 5.41) is 37.0. The van der Waals surface area contributed by atoms with Gasteiger partial charge in [0.05, 0.1) is 0 Å². The van der Waals surface area contributed by atoms with Crippen LogP contribution in [0.25, 0.3) is 12.2 Å². The van der Waals surface area contributed by atoms with E-state index in [1.807, 2.05) is 0 Å². The summed E-state index contributed by atoms with van der Waals surface area (Å²) in [7, 11) is 0. The zero-order valence-electron chi connectivity index (χ0n) is 9.91. The summed E-state index contributed by atoms with van der Waals surface area (Å²) < 4.78 is 0. The number of phenols is 4. The van der Waals surface area contributed by atoms with Crippen molar-refractivity contribution in [3.8, 4) is 23.0 Å². The molecule has 0 aromatic heterocycles. The fourth-order valence-electron chi connectivity index (χ4n) is 1.50. The molecule has 0 amide bonds. The van der Waals surface area contributed by atoms with Crippen LogP contribution in [0.5, 0.6) is 23.0 Å². The van der Waals surface area contributed by atoms with E-state index in [9.17, 15) is 15.3 Å². The van der Waals surface area contributed by atoms with E-state index < -0.39 is 0 Å². The van der Waals surface area contributed by atoms with Crippen LogP contribution in [0.15, 0.2) is 30.3 Å². The van der Waals surface area contributed by atoms with Gasteiger partial charge in [0.15, 0.2) is 0 Å². The smallest absolute Gasteiger partial charge is 0.119 e. The van der Waals surface area contributed by atoms with E-state index in [1.54, 1.807) is 12.2 Å². The second kappa shape index (κ2) is 6.78. The van der Waals surface area contributed by atoms with Gasteiger partial charge in [-0.1, -0.05) is 6.08 Å². The van der Waals surface area contributed by atoms with Gasteiger partial charge in [-0.2, -0.15) is 6.07 Å². The van der Waals surface area contributed by atoms with Crippen LogP contribution in [0.1, 0.15) is 11.1 Å². The molecule has 0 bridgehead atoms. The second-order valence-electron chi connectivity index (χ2n) is 3.78. The van der Waals surface area contributed by atoms with E-state index in [-0.39, 0.29) is 64.3 Å². The molecule has 2 rings (SSSR count). The summed E-state index contributed by atoms with van der Waals surface area (Å²) in [6.45, 7) is 0. The molecule has 0 heterocycles. The monoisotopic (exact) mass is 384 g/mol. The number of phenolic OH excluding ortho intramolecular Hbond substituents is 4. The van der Waals surface area contributed by atoms with Gasteiger partial charge in [0, 0.05) is 58.9 Å². The molecular formula is C14H11O4Pr-. The Bertz CT molecular complexity index is 588. The quantitative estimate of drug-likeness (QED) is 0.365. The standard InChI is InChI=1S/C14H11O4.Pr/c15-11-5-10(6-12(16)8-11)2-1-9-3-4-13(17)14(18)7-9;/h1-3,5-8,15-18H;/q-1;/b2-1+;. The fraction of sp³-hybridized carbons (Fsp3) is 0. The average Bonchev–Trinajstić information content (AvgIpc) is 2.29. The first-order valence-corrected chi connectivity index (χ1v) is 5.19. The third-order valence-corrected chi connectivity index (χ3v) is 2.31.